The van der Waals surface area contributed by atoms with Gasteiger partial charge in [-0.2, -0.15) is 0 Å². The van der Waals surface area contributed by atoms with Crippen molar-refractivity contribution in [3.8, 4) is 16.9 Å². The molecule has 0 aliphatic heterocycles. The van der Waals surface area contributed by atoms with Gasteiger partial charge in [0.05, 0.1) is 5.39 Å². The molecule has 5 heteroatoms. The first-order valence-corrected chi connectivity index (χ1v) is 6.09. The summed E-state index contributed by atoms with van der Waals surface area (Å²) in [5.74, 6) is 0.715. The van der Waals surface area contributed by atoms with Gasteiger partial charge in [-0.1, -0.05) is 12.1 Å². The molecule has 96 valence electrons. The van der Waals surface area contributed by atoms with E-state index in [9.17, 15) is 5.11 Å². The predicted octanol–water partition coefficient (Wildman–Crippen LogP) is 2.41. The van der Waals surface area contributed by atoms with Crippen molar-refractivity contribution >= 4 is 16.9 Å². The van der Waals surface area contributed by atoms with E-state index in [1.807, 2.05) is 22.9 Å². The fourth-order valence-corrected chi connectivity index (χ4v) is 2.25. The van der Waals surface area contributed by atoms with Gasteiger partial charge in [-0.05, 0) is 24.6 Å². The number of phenols is 1. The fourth-order valence-electron chi connectivity index (χ4n) is 2.25. The number of anilines is 1. The van der Waals surface area contributed by atoms with Gasteiger partial charge in [-0.25, -0.2) is 9.97 Å². The average Bonchev–Trinajstić information content (AvgIpc) is 2.80. The van der Waals surface area contributed by atoms with E-state index in [-0.39, 0.29) is 5.75 Å². The lowest BCUT2D eigenvalue weighted by Crippen LogP contribution is -1.96. The van der Waals surface area contributed by atoms with E-state index in [4.69, 9.17) is 5.73 Å². The van der Waals surface area contributed by atoms with Crippen LogP contribution < -0.4 is 5.73 Å². The Labute approximate surface area is 110 Å². The maximum absolute atomic E-state index is 9.37. The lowest BCUT2D eigenvalue weighted by atomic mass is 10.1. The Morgan fingerprint density at radius 3 is 2.63 bits per heavy atom. The summed E-state index contributed by atoms with van der Waals surface area (Å²) < 4.78 is 2.04. The number of nitrogens with two attached hydrogens (primary N) is 1. The van der Waals surface area contributed by atoms with Crippen LogP contribution in [-0.2, 0) is 6.54 Å². The number of aryl methyl sites for hydroxylation is 1. The molecular formula is C14H14N4O. The van der Waals surface area contributed by atoms with Gasteiger partial charge in [0.15, 0.2) is 0 Å². The highest BCUT2D eigenvalue weighted by molar-refractivity contribution is 6.00. The van der Waals surface area contributed by atoms with Crippen LogP contribution in [0.25, 0.3) is 22.2 Å². The van der Waals surface area contributed by atoms with Crippen molar-refractivity contribution in [3.05, 3.63) is 36.8 Å². The standard InChI is InChI=1S/C14H14N4O/c1-2-18-7-11(9-3-5-10(19)6-4-9)12-13(15)16-8-17-14(12)18/h3-8,19H,2H2,1H3,(H2,15,16,17). The number of hydrogen-bond acceptors (Lipinski definition) is 4. The SMILES string of the molecule is CCn1cc(-c2ccc(O)cc2)c2c(N)ncnc21. The molecule has 0 amide bonds. The molecule has 0 atom stereocenters. The zero-order chi connectivity index (χ0) is 13.4. The molecule has 0 unspecified atom stereocenters. The van der Waals surface area contributed by atoms with Crippen LogP contribution in [0.2, 0.25) is 0 Å². The van der Waals surface area contributed by atoms with Gasteiger partial charge in [-0.3, -0.25) is 0 Å². The molecule has 0 radical (unpaired) electrons. The second-order valence-corrected chi connectivity index (χ2v) is 4.33. The fraction of sp³-hybridized carbons (Fsp3) is 0.143. The third-order valence-electron chi connectivity index (χ3n) is 3.20. The zero-order valence-electron chi connectivity index (χ0n) is 10.5. The summed E-state index contributed by atoms with van der Waals surface area (Å²) in [7, 11) is 0. The molecule has 1 aromatic carbocycles. The number of hydrogen-bond donors (Lipinski definition) is 2. The van der Waals surface area contributed by atoms with Crippen LogP contribution in [0.15, 0.2) is 36.8 Å². The largest absolute Gasteiger partial charge is 0.508 e. The van der Waals surface area contributed by atoms with Crippen molar-refractivity contribution in [1.82, 2.24) is 14.5 Å². The third kappa shape index (κ3) is 1.79. The van der Waals surface area contributed by atoms with Gasteiger partial charge < -0.3 is 15.4 Å². The highest BCUT2D eigenvalue weighted by Crippen LogP contribution is 2.33. The molecule has 0 fully saturated rings. The first-order chi connectivity index (χ1) is 9.20. The third-order valence-corrected chi connectivity index (χ3v) is 3.20. The van der Waals surface area contributed by atoms with E-state index in [1.165, 1.54) is 6.33 Å². The summed E-state index contributed by atoms with van der Waals surface area (Å²) in [4.78, 5) is 8.36. The second-order valence-electron chi connectivity index (χ2n) is 4.33. The minimum absolute atomic E-state index is 0.243. The Hall–Kier alpha value is -2.56. The molecule has 0 aliphatic carbocycles. The molecule has 3 aromatic rings. The van der Waals surface area contributed by atoms with Crippen molar-refractivity contribution in [3.63, 3.8) is 0 Å². The van der Waals surface area contributed by atoms with Crippen LogP contribution >= 0.6 is 0 Å². The average molecular weight is 254 g/mol. The Morgan fingerprint density at radius 2 is 1.95 bits per heavy atom. The summed E-state index contributed by atoms with van der Waals surface area (Å²) in [6.07, 6.45) is 3.49. The van der Waals surface area contributed by atoms with E-state index in [1.54, 1.807) is 12.1 Å². The molecule has 2 aromatic heterocycles. The Kier molecular flexibility index (Phi) is 2.59. The first kappa shape index (κ1) is 11.5. The Balaban J connectivity index is 2.32. The monoisotopic (exact) mass is 254 g/mol. The van der Waals surface area contributed by atoms with Gasteiger partial charge >= 0.3 is 0 Å². The van der Waals surface area contributed by atoms with E-state index in [2.05, 4.69) is 16.9 Å². The maximum Gasteiger partial charge on any atom is 0.146 e. The molecule has 3 rings (SSSR count). The van der Waals surface area contributed by atoms with Gasteiger partial charge in [0.25, 0.3) is 0 Å². The number of aromatic nitrogens is 3. The van der Waals surface area contributed by atoms with Crippen LogP contribution in [-0.4, -0.2) is 19.6 Å². The van der Waals surface area contributed by atoms with Gasteiger partial charge in [-0.15, -0.1) is 0 Å². The summed E-state index contributed by atoms with van der Waals surface area (Å²) in [6.45, 7) is 2.86. The summed E-state index contributed by atoms with van der Waals surface area (Å²) in [6, 6.07) is 7.03. The van der Waals surface area contributed by atoms with Crippen LogP contribution in [0, 0.1) is 0 Å². The Morgan fingerprint density at radius 1 is 1.21 bits per heavy atom. The molecule has 0 spiro atoms. The molecule has 0 aliphatic rings. The molecule has 5 nitrogen and oxygen atoms in total. The lowest BCUT2D eigenvalue weighted by molar-refractivity contribution is 0.475. The topological polar surface area (TPSA) is 77.0 Å². The molecule has 19 heavy (non-hydrogen) atoms. The van der Waals surface area contributed by atoms with Crippen LogP contribution in [0.3, 0.4) is 0 Å². The predicted molar refractivity (Wildman–Crippen MR) is 74.7 cm³/mol. The van der Waals surface area contributed by atoms with E-state index in [0.29, 0.717) is 5.82 Å². The van der Waals surface area contributed by atoms with Crippen molar-refractivity contribution in [2.24, 2.45) is 0 Å². The zero-order valence-corrected chi connectivity index (χ0v) is 10.5. The number of aromatic hydroxyl groups is 1. The highest BCUT2D eigenvalue weighted by atomic mass is 16.3. The minimum atomic E-state index is 0.243. The first-order valence-electron chi connectivity index (χ1n) is 6.09. The number of benzene rings is 1. The van der Waals surface area contributed by atoms with Crippen LogP contribution in [0.1, 0.15) is 6.92 Å². The van der Waals surface area contributed by atoms with Gasteiger partial charge in [0.1, 0.15) is 23.5 Å². The van der Waals surface area contributed by atoms with Crippen molar-refractivity contribution in [2.75, 3.05) is 5.73 Å². The number of fused-ring (bicyclic) bond motifs is 1. The van der Waals surface area contributed by atoms with Crippen molar-refractivity contribution in [1.29, 1.82) is 0 Å². The van der Waals surface area contributed by atoms with Crippen molar-refractivity contribution in [2.45, 2.75) is 13.5 Å². The smallest absolute Gasteiger partial charge is 0.146 e. The van der Waals surface area contributed by atoms with Crippen LogP contribution in [0.4, 0.5) is 5.82 Å². The molecule has 0 saturated heterocycles. The minimum Gasteiger partial charge on any atom is -0.508 e. The molecular weight excluding hydrogens is 240 g/mol. The number of nitrogens with zero attached hydrogens (tertiary/aromatic N) is 3. The lowest BCUT2D eigenvalue weighted by Gasteiger charge is -2.01. The molecule has 0 bridgehead atoms. The Bertz CT molecular complexity index is 731. The molecule has 2 heterocycles. The van der Waals surface area contributed by atoms with Gasteiger partial charge in [0, 0.05) is 18.3 Å². The van der Waals surface area contributed by atoms with Crippen molar-refractivity contribution < 1.29 is 5.11 Å². The summed E-state index contributed by atoms with van der Waals surface area (Å²) in [5, 5.41) is 10.2. The summed E-state index contributed by atoms with van der Waals surface area (Å²) in [5.41, 5.74) is 8.77. The van der Waals surface area contributed by atoms with E-state index in [0.717, 1.165) is 28.7 Å². The molecule has 3 N–H and O–H groups in total. The van der Waals surface area contributed by atoms with E-state index >= 15 is 0 Å². The quantitative estimate of drug-likeness (QED) is 0.736. The number of rotatable bonds is 2. The summed E-state index contributed by atoms with van der Waals surface area (Å²) >= 11 is 0. The second kappa shape index (κ2) is 4.28. The normalized spacial score (nSPS) is 11.0. The number of phenolic OH excluding ortho intramolecular Hbond substituents is 1. The number of nitrogen functional groups attached to an aromatic ring is 1. The maximum atomic E-state index is 9.37. The van der Waals surface area contributed by atoms with Crippen LogP contribution in [0.5, 0.6) is 5.75 Å². The highest BCUT2D eigenvalue weighted by Gasteiger charge is 2.13. The van der Waals surface area contributed by atoms with E-state index < -0.39 is 0 Å². The van der Waals surface area contributed by atoms with Gasteiger partial charge in [0.2, 0.25) is 0 Å². The molecule has 0 saturated carbocycles.